The van der Waals surface area contributed by atoms with Crippen molar-refractivity contribution in [2.24, 2.45) is 17.8 Å². The fraction of sp³-hybridized carbons (Fsp3) is 0.895. The molecule has 1 saturated heterocycles. The zero-order valence-electron chi connectivity index (χ0n) is 15.3. The molecule has 0 unspecified atom stereocenters. The molecular weight excluding hydrogens is 332 g/mol. The standard InChI is InChI=1S/C19H30N4OS/c1-2-21-3-5-22(6-4-21)13-23-18(25)24-17(20-23)19-10-14-7-15(11-19)9-16(8-14)12-19/h14-16H,2-13H2,1H3. The summed E-state index contributed by atoms with van der Waals surface area (Å²) < 4.78 is 8.06. The highest BCUT2D eigenvalue weighted by atomic mass is 32.1. The van der Waals surface area contributed by atoms with E-state index in [2.05, 4.69) is 16.7 Å². The SMILES string of the molecule is CCN1CCN(Cn2nc(C34CC5CC(CC(C5)C3)C4)oc2=S)CC1. The Morgan fingerprint density at radius 1 is 1.00 bits per heavy atom. The molecule has 2 heterocycles. The van der Waals surface area contributed by atoms with Gasteiger partial charge in [0.25, 0.3) is 4.84 Å². The third kappa shape index (κ3) is 2.90. The summed E-state index contributed by atoms with van der Waals surface area (Å²) in [5, 5.41) is 4.92. The highest BCUT2D eigenvalue weighted by molar-refractivity contribution is 7.71. The first-order valence-electron chi connectivity index (χ1n) is 10.2. The Hall–Kier alpha value is -0.720. The summed E-state index contributed by atoms with van der Waals surface area (Å²) >= 11 is 5.54. The molecule has 138 valence electrons. The molecule has 5 nitrogen and oxygen atoms in total. The lowest BCUT2D eigenvalue weighted by Gasteiger charge is -2.55. The second-order valence-electron chi connectivity index (χ2n) is 9.06. The van der Waals surface area contributed by atoms with Gasteiger partial charge in [-0.3, -0.25) is 4.90 Å². The van der Waals surface area contributed by atoms with Gasteiger partial charge in [0.05, 0.1) is 6.67 Å². The van der Waals surface area contributed by atoms with Crippen molar-refractivity contribution >= 4 is 12.2 Å². The average molecular weight is 363 g/mol. The second-order valence-corrected chi connectivity index (χ2v) is 9.41. The number of aromatic nitrogens is 2. The van der Waals surface area contributed by atoms with E-state index in [1.54, 1.807) is 0 Å². The Morgan fingerprint density at radius 3 is 2.12 bits per heavy atom. The van der Waals surface area contributed by atoms with Gasteiger partial charge in [-0.15, -0.1) is 5.10 Å². The lowest BCUT2D eigenvalue weighted by Crippen LogP contribution is -2.49. The topological polar surface area (TPSA) is 37.4 Å². The van der Waals surface area contributed by atoms with Crippen LogP contribution >= 0.6 is 12.2 Å². The molecule has 0 N–H and O–H groups in total. The van der Waals surface area contributed by atoms with Crippen LogP contribution in [0.15, 0.2) is 4.42 Å². The first-order chi connectivity index (χ1) is 12.1. The minimum absolute atomic E-state index is 0.203. The minimum atomic E-state index is 0.203. The third-order valence-corrected chi connectivity index (χ3v) is 7.64. The summed E-state index contributed by atoms with van der Waals surface area (Å²) in [5.74, 6) is 3.68. The Balaban J connectivity index is 1.33. The number of hydrogen-bond acceptors (Lipinski definition) is 5. The van der Waals surface area contributed by atoms with Crippen molar-refractivity contribution in [3.05, 3.63) is 10.7 Å². The fourth-order valence-electron chi connectivity index (χ4n) is 6.42. The van der Waals surface area contributed by atoms with Gasteiger partial charge in [0.1, 0.15) is 0 Å². The molecule has 5 fully saturated rings. The van der Waals surface area contributed by atoms with Crippen LogP contribution in [0.25, 0.3) is 0 Å². The molecule has 6 heteroatoms. The molecule has 4 aliphatic carbocycles. The lowest BCUT2D eigenvalue weighted by atomic mass is 9.49. The van der Waals surface area contributed by atoms with Gasteiger partial charge >= 0.3 is 0 Å². The molecule has 25 heavy (non-hydrogen) atoms. The van der Waals surface area contributed by atoms with Crippen LogP contribution in [0.1, 0.15) is 51.3 Å². The minimum Gasteiger partial charge on any atom is -0.413 e. The molecule has 0 atom stereocenters. The van der Waals surface area contributed by atoms with Crippen molar-refractivity contribution in [1.82, 2.24) is 19.6 Å². The zero-order valence-corrected chi connectivity index (χ0v) is 16.1. The van der Waals surface area contributed by atoms with Crippen LogP contribution in [0, 0.1) is 22.6 Å². The molecule has 0 spiro atoms. The molecule has 1 aliphatic heterocycles. The van der Waals surface area contributed by atoms with E-state index in [1.807, 2.05) is 4.68 Å². The molecule has 1 aromatic rings. The van der Waals surface area contributed by atoms with Gasteiger partial charge in [-0.25, -0.2) is 4.68 Å². The normalized spacial score (nSPS) is 38.5. The van der Waals surface area contributed by atoms with E-state index in [-0.39, 0.29) is 5.41 Å². The average Bonchev–Trinajstić information content (AvgIpc) is 2.96. The summed E-state index contributed by atoms with van der Waals surface area (Å²) in [6.07, 6.45) is 8.18. The van der Waals surface area contributed by atoms with Crippen LogP contribution in [0.5, 0.6) is 0 Å². The predicted molar refractivity (Wildman–Crippen MR) is 98.9 cm³/mol. The van der Waals surface area contributed by atoms with Crippen molar-refractivity contribution in [2.45, 2.75) is 57.5 Å². The Labute approximate surface area is 155 Å². The summed E-state index contributed by atoms with van der Waals surface area (Å²) in [4.78, 5) is 5.52. The van der Waals surface area contributed by atoms with E-state index in [0.29, 0.717) is 4.84 Å². The Kier molecular flexibility index (Phi) is 4.06. The second kappa shape index (κ2) is 6.17. The maximum absolute atomic E-state index is 6.11. The first kappa shape index (κ1) is 16.5. The molecule has 0 radical (unpaired) electrons. The molecule has 5 aliphatic rings. The van der Waals surface area contributed by atoms with Crippen LogP contribution in [0.4, 0.5) is 0 Å². The largest absolute Gasteiger partial charge is 0.413 e. The van der Waals surface area contributed by atoms with Crippen molar-refractivity contribution in [2.75, 3.05) is 32.7 Å². The fourth-order valence-corrected chi connectivity index (χ4v) is 6.60. The Morgan fingerprint density at radius 2 is 1.56 bits per heavy atom. The first-order valence-corrected chi connectivity index (χ1v) is 10.6. The summed E-state index contributed by atoms with van der Waals surface area (Å²) in [6.45, 7) is 8.64. The number of rotatable bonds is 4. The number of likely N-dealkylation sites (N-methyl/N-ethyl adjacent to an activating group) is 1. The van der Waals surface area contributed by atoms with E-state index < -0.39 is 0 Å². The monoisotopic (exact) mass is 362 g/mol. The van der Waals surface area contributed by atoms with Gasteiger partial charge in [-0.05, 0) is 75.0 Å². The lowest BCUT2D eigenvalue weighted by molar-refractivity contribution is -0.0181. The predicted octanol–water partition coefficient (Wildman–Crippen LogP) is 3.27. The van der Waals surface area contributed by atoms with E-state index in [4.69, 9.17) is 21.7 Å². The summed E-state index contributed by atoms with van der Waals surface area (Å²) in [7, 11) is 0. The number of piperazine rings is 1. The molecule has 4 saturated carbocycles. The van der Waals surface area contributed by atoms with Crippen molar-refractivity contribution in [1.29, 1.82) is 0 Å². The summed E-state index contributed by atoms with van der Waals surface area (Å²) in [5.41, 5.74) is 0.203. The molecular formula is C19H30N4OS. The van der Waals surface area contributed by atoms with E-state index in [0.717, 1.165) is 63.0 Å². The quantitative estimate of drug-likeness (QED) is 0.769. The van der Waals surface area contributed by atoms with Crippen LogP contribution in [-0.2, 0) is 12.1 Å². The van der Waals surface area contributed by atoms with Gasteiger partial charge in [-0.1, -0.05) is 6.92 Å². The zero-order chi connectivity index (χ0) is 17.0. The molecule has 6 rings (SSSR count). The van der Waals surface area contributed by atoms with Gasteiger partial charge in [0, 0.05) is 31.6 Å². The number of nitrogens with zero attached hydrogens (tertiary/aromatic N) is 4. The maximum atomic E-state index is 6.11. The summed E-state index contributed by atoms with van der Waals surface area (Å²) in [6, 6.07) is 0. The Bertz CT molecular complexity index is 653. The number of hydrogen-bond donors (Lipinski definition) is 0. The van der Waals surface area contributed by atoms with Gasteiger partial charge in [-0.2, -0.15) is 0 Å². The van der Waals surface area contributed by atoms with E-state index in [9.17, 15) is 0 Å². The van der Waals surface area contributed by atoms with Gasteiger partial charge in [0.2, 0.25) is 5.89 Å². The van der Waals surface area contributed by atoms with E-state index in [1.165, 1.54) is 38.5 Å². The maximum Gasteiger partial charge on any atom is 0.288 e. The third-order valence-electron chi connectivity index (χ3n) is 7.34. The van der Waals surface area contributed by atoms with Crippen molar-refractivity contribution < 1.29 is 4.42 Å². The van der Waals surface area contributed by atoms with E-state index >= 15 is 0 Å². The van der Waals surface area contributed by atoms with Crippen LogP contribution in [-0.4, -0.2) is 52.3 Å². The van der Waals surface area contributed by atoms with Gasteiger partial charge < -0.3 is 9.32 Å². The highest BCUT2D eigenvalue weighted by Gasteiger charge is 2.54. The van der Waals surface area contributed by atoms with Crippen LogP contribution in [0.3, 0.4) is 0 Å². The van der Waals surface area contributed by atoms with Crippen LogP contribution in [0.2, 0.25) is 0 Å². The molecule has 1 aromatic heterocycles. The van der Waals surface area contributed by atoms with Gasteiger partial charge in [0.15, 0.2) is 0 Å². The van der Waals surface area contributed by atoms with Crippen molar-refractivity contribution in [3.63, 3.8) is 0 Å². The molecule has 0 amide bonds. The smallest absolute Gasteiger partial charge is 0.288 e. The highest BCUT2D eigenvalue weighted by Crippen LogP contribution is 2.60. The van der Waals surface area contributed by atoms with Crippen LogP contribution < -0.4 is 0 Å². The van der Waals surface area contributed by atoms with Crippen molar-refractivity contribution in [3.8, 4) is 0 Å². The molecule has 0 aromatic carbocycles. The molecule has 4 bridgehead atoms.